The number of amides is 4. The monoisotopic (exact) mass is 380 g/mol. The Kier molecular flexibility index (Phi) is 5.46. The van der Waals surface area contributed by atoms with Crippen LogP contribution in [0.3, 0.4) is 0 Å². The molecule has 2 aromatic carbocycles. The third-order valence-corrected chi connectivity index (χ3v) is 4.90. The number of urea groups is 1. The van der Waals surface area contributed by atoms with E-state index in [9.17, 15) is 14.4 Å². The Morgan fingerprint density at radius 3 is 2.36 bits per heavy atom. The van der Waals surface area contributed by atoms with E-state index in [4.69, 9.17) is 0 Å². The molecule has 0 saturated carbocycles. The molecule has 1 aliphatic heterocycles. The number of benzene rings is 2. The van der Waals surface area contributed by atoms with Gasteiger partial charge in [-0.25, -0.2) is 9.69 Å². The summed E-state index contributed by atoms with van der Waals surface area (Å²) in [5.41, 5.74) is 1.26. The maximum Gasteiger partial charge on any atom is 0.326 e. The number of imide groups is 1. The van der Waals surface area contributed by atoms with Crippen molar-refractivity contribution in [2.45, 2.75) is 19.0 Å². The first kappa shape index (κ1) is 19.6. The minimum absolute atomic E-state index is 0.139. The number of hydrogen-bond donors (Lipinski definition) is 2. The minimum Gasteiger partial charge on any atom is -0.355 e. The van der Waals surface area contributed by atoms with Gasteiger partial charge in [-0.05, 0) is 37.2 Å². The van der Waals surface area contributed by atoms with Gasteiger partial charge in [-0.15, -0.1) is 0 Å². The van der Waals surface area contributed by atoms with E-state index in [-0.39, 0.29) is 18.5 Å². The maximum atomic E-state index is 13.0. The standard InChI is InChI=1S/C21H24N4O3/c1-21(17-7-5-4-6-8-17)19(27)25(20(28)23-21)14-24(3)13-15-9-11-16(12-10-15)18(26)22-2/h4-12H,13-14H2,1-3H3,(H,22,26)(H,23,28)/t21-/m1/s1. The van der Waals surface area contributed by atoms with Crippen molar-refractivity contribution in [3.63, 3.8) is 0 Å². The smallest absolute Gasteiger partial charge is 0.326 e. The van der Waals surface area contributed by atoms with E-state index in [1.54, 1.807) is 26.1 Å². The second-order valence-corrected chi connectivity index (χ2v) is 7.09. The van der Waals surface area contributed by atoms with Crippen LogP contribution in [0.5, 0.6) is 0 Å². The van der Waals surface area contributed by atoms with E-state index in [0.29, 0.717) is 12.1 Å². The molecular weight excluding hydrogens is 356 g/mol. The minimum atomic E-state index is -1.06. The van der Waals surface area contributed by atoms with Crippen molar-refractivity contribution in [3.05, 3.63) is 71.3 Å². The predicted molar refractivity (Wildman–Crippen MR) is 105 cm³/mol. The normalized spacial score (nSPS) is 19.1. The molecule has 0 unspecified atom stereocenters. The second-order valence-electron chi connectivity index (χ2n) is 7.09. The summed E-state index contributed by atoms with van der Waals surface area (Å²) in [6.07, 6.45) is 0. The molecule has 28 heavy (non-hydrogen) atoms. The van der Waals surface area contributed by atoms with Gasteiger partial charge in [0.15, 0.2) is 0 Å². The van der Waals surface area contributed by atoms with Gasteiger partial charge >= 0.3 is 6.03 Å². The Balaban J connectivity index is 1.67. The second kappa shape index (κ2) is 7.82. The van der Waals surface area contributed by atoms with Gasteiger partial charge in [0.2, 0.25) is 0 Å². The first-order valence-corrected chi connectivity index (χ1v) is 9.04. The Labute approximate surface area is 164 Å². The van der Waals surface area contributed by atoms with Gasteiger partial charge in [0.05, 0.1) is 6.67 Å². The van der Waals surface area contributed by atoms with Crippen molar-refractivity contribution in [1.29, 1.82) is 0 Å². The lowest BCUT2D eigenvalue weighted by Gasteiger charge is -2.25. The topological polar surface area (TPSA) is 81.8 Å². The zero-order valence-electron chi connectivity index (χ0n) is 16.2. The van der Waals surface area contributed by atoms with Crippen LogP contribution in [0.1, 0.15) is 28.4 Å². The van der Waals surface area contributed by atoms with Crippen LogP contribution in [0.15, 0.2) is 54.6 Å². The van der Waals surface area contributed by atoms with Crippen LogP contribution in [-0.2, 0) is 16.9 Å². The molecule has 7 nitrogen and oxygen atoms in total. The summed E-state index contributed by atoms with van der Waals surface area (Å²) in [5, 5.41) is 5.39. The van der Waals surface area contributed by atoms with Crippen molar-refractivity contribution < 1.29 is 14.4 Å². The molecule has 7 heteroatoms. The molecule has 0 radical (unpaired) electrons. The zero-order valence-corrected chi connectivity index (χ0v) is 16.2. The summed E-state index contributed by atoms with van der Waals surface area (Å²) >= 11 is 0. The number of rotatable bonds is 6. The first-order chi connectivity index (χ1) is 13.3. The highest BCUT2D eigenvalue weighted by Crippen LogP contribution is 2.28. The van der Waals surface area contributed by atoms with Crippen LogP contribution in [0.4, 0.5) is 4.79 Å². The predicted octanol–water partition coefficient (Wildman–Crippen LogP) is 1.90. The van der Waals surface area contributed by atoms with Crippen molar-refractivity contribution in [2.24, 2.45) is 0 Å². The summed E-state index contributed by atoms with van der Waals surface area (Å²) in [6, 6.07) is 16.0. The van der Waals surface area contributed by atoms with E-state index < -0.39 is 11.6 Å². The highest BCUT2D eigenvalue weighted by Gasteiger charge is 2.49. The third kappa shape index (κ3) is 3.75. The number of nitrogens with one attached hydrogen (secondary N) is 2. The molecule has 2 N–H and O–H groups in total. The van der Waals surface area contributed by atoms with E-state index >= 15 is 0 Å². The van der Waals surface area contributed by atoms with E-state index in [2.05, 4.69) is 10.6 Å². The number of hydrogen-bond acceptors (Lipinski definition) is 4. The molecule has 1 fully saturated rings. The van der Waals surface area contributed by atoms with Gasteiger partial charge < -0.3 is 10.6 Å². The molecule has 1 aliphatic rings. The molecule has 0 aromatic heterocycles. The van der Waals surface area contributed by atoms with Crippen molar-refractivity contribution in [1.82, 2.24) is 20.4 Å². The molecule has 0 bridgehead atoms. The molecule has 0 aliphatic carbocycles. The Bertz CT molecular complexity index is 882. The SMILES string of the molecule is CNC(=O)c1ccc(CN(C)CN2C(=O)N[C@](C)(c3ccccc3)C2=O)cc1. The van der Waals surface area contributed by atoms with Crippen LogP contribution in [0.25, 0.3) is 0 Å². The fourth-order valence-electron chi connectivity index (χ4n) is 3.30. The van der Waals surface area contributed by atoms with Crippen LogP contribution in [0.2, 0.25) is 0 Å². The molecular formula is C21H24N4O3. The fraction of sp³-hybridized carbons (Fsp3) is 0.286. The molecule has 1 atom stereocenters. The van der Waals surface area contributed by atoms with Gasteiger partial charge in [-0.2, -0.15) is 0 Å². The van der Waals surface area contributed by atoms with Gasteiger partial charge in [-0.1, -0.05) is 42.5 Å². The van der Waals surface area contributed by atoms with Gasteiger partial charge in [0.25, 0.3) is 11.8 Å². The van der Waals surface area contributed by atoms with E-state index in [1.807, 2.05) is 54.4 Å². The summed E-state index contributed by atoms with van der Waals surface area (Å²) in [7, 11) is 3.43. The number of carbonyl (C=O) groups is 3. The molecule has 0 spiro atoms. The highest BCUT2D eigenvalue weighted by atomic mass is 16.2. The summed E-state index contributed by atoms with van der Waals surface area (Å²) in [4.78, 5) is 40.1. The first-order valence-electron chi connectivity index (χ1n) is 9.04. The number of carbonyl (C=O) groups excluding carboxylic acids is 3. The van der Waals surface area contributed by atoms with Gasteiger partial charge in [0, 0.05) is 19.2 Å². The summed E-state index contributed by atoms with van der Waals surface area (Å²) in [5.74, 6) is -0.412. The molecule has 3 rings (SSSR count). The van der Waals surface area contributed by atoms with E-state index in [1.165, 1.54) is 4.90 Å². The quantitative estimate of drug-likeness (QED) is 0.750. The molecule has 1 saturated heterocycles. The van der Waals surface area contributed by atoms with Gasteiger partial charge in [-0.3, -0.25) is 14.5 Å². The van der Waals surface area contributed by atoms with Crippen LogP contribution >= 0.6 is 0 Å². The van der Waals surface area contributed by atoms with Crippen LogP contribution < -0.4 is 10.6 Å². The number of nitrogens with zero attached hydrogens (tertiary/aromatic N) is 2. The van der Waals surface area contributed by atoms with Crippen molar-refractivity contribution in [3.8, 4) is 0 Å². The Morgan fingerprint density at radius 1 is 1.11 bits per heavy atom. The highest BCUT2D eigenvalue weighted by molar-refractivity contribution is 6.07. The third-order valence-electron chi connectivity index (χ3n) is 4.90. The van der Waals surface area contributed by atoms with Crippen LogP contribution in [-0.4, -0.2) is 48.4 Å². The molecule has 4 amide bonds. The van der Waals surface area contributed by atoms with Gasteiger partial charge in [0.1, 0.15) is 5.54 Å². The Hall–Kier alpha value is -3.19. The van der Waals surface area contributed by atoms with Crippen molar-refractivity contribution in [2.75, 3.05) is 20.8 Å². The van der Waals surface area contributed by atoms with E-state index in [0.717, 1.165) is 11.1 Å². The molecule has 2 aromatic rings. The molecule has 1 heterocycles. The average Bonchev–Trinajstić information content (AvgIpc) is 2.92. The summed E-state index contributed by atoms with van der Waals surface area (Å²) in [6.45, 7) is 2.43. The lowest BCUT2D eigenvalue weighted by molar-refractivity contribution is -0.132. The maximum absolute atomic E-state index is 13.0. The fourth-order valence-corrected chi connectivity index (χ4v) is 3.30. The largest absolute Gasteiger partial charge is 0.355 e. The zero-order chi connectivity index (χ0) is 20.3. The summed E-state index contributed by atoms with van der Waals surface area (Å²) < 4.78 is 0. The lowest BCUT2D eigenvalue weighted by Crippen LogP contribution is -2.42. The Morgan fingerprint density at radius 2 is 1.75 bits per heavy atom. The molecule has 146 valence electrons. The lowest BCUT2D eigenvalue weighted by atomic mass is 9.92. The van der Waals surface area contributed by atoms with Crippen LogP contribution in [0, 0.1) is 0 Å². The average molecular weight is 380 g/mol. The van der Waals surface area contributed by atoms with Crippen molar-refractivity contribution >= 4 is 17.8 Å².